The minimum absolute atomic E-state index is 0.0504. The second kappa shape index (κ2) is 16.3. The molecular formula is C45H43N5O4. The van der Waals surface area contributed by atoms with E-state index in [1.807, 2.05) is 95.9 Å². The van der Waals surface area contributed by atoms with E-state index in [1.54, 1.807) is 4.90 Å². The van der Waals surface area contributed by atoms with Crippen molar-refractivity contribution in [2.45, 2.75) is 70.2 Å². The quantitative estimate of drug-likeness (QED) is 0.169. The first-order chi connectivity index (χ1) is 26.6. The number of piperidine rings is 2. The van der Waals surface area contributed by atoms with E-state index in [0.717, 1.165) is 95.5 Å². The van der Waals surface area contributed by atoms with Crippen LogP contribution < -0.4 is 0 Å². The smallest absolute Gasteiger partial charge is 0.410 e. The predicted molar refractivity (Wildman–Crippen MR) is 210 cm³/mol. The fraction of sp³-hybridized carbons (Fsp3) is 0.289. The summed E-state index contributed by atoms with van der Waals surface area (Å²) in [6.07, 6.45) is 9.72. The predicted octanol–water partition coefficient (Wildman–Crippen LogP) is 9.31. The highest BCUT2D eigenvalue weighted by Crippen LogP contribution is 2.33. The number of nitrogens with zero attached hydrogens (tertiary/aromatic N) is 4. The van der Waals surface area contributed by atoms with Crippen LogP contribution in [0.2, 0.25) is 0 Å². The van der Waals surface area contributed by atoms with Crippen LogP contribution in [0.3, 0.4) is 0 Å². The number of nitrogens with one attached hydrogen (secondary N) is 1. The molecule has 0 bridgehead atoms. The summed E-state index contributed by atoms with van der Waals surface area (Å²) in [6.45, 7) is 1.83. The summed E-state index contributed by atoms with van der Waals surface area (Å²) in [5.41, 5.74) is 8.70. The number of likely N-dealkylation sites (tertiary alicyclic amines) is 2. The lowest BCUT2D eigenvalue weighted by Gasteiger charge is -2.35. The van der Waals surface area contributed by atoms with Crippen molar-refractivity contribution in [2.75, 3.05) is 13.1 Å². The van der Waals surface area contributed by atoms with Gasteiger partial charge in [0.1, 0.15) is 19.0 Å². The van der Waals surface area contributed by atoms with Crippen LogP contribution in [0.1, 0.15) is 78.2 Å². The second-order valence-electron chi connectivity index (χ2n) is 14.1. The molecule has 8 rings (SSSR count). The Balaban J connectivity index is 0.901. The van der Waals surface area contributed by atoms with E-state index in [2.05, 4.69) is 35.0 Å². The molecule has 3 aliphatic rings. The van der Waals surface area contributed by atoms with Crippen LogP contribution in [-0.2, 0) is 29.1 Å². The zero-order chi connectivity index (χ0) is 36.7. The van der Waals surface area contributed by atoms with E-state index in [4.69, 9.17) is 19.5 Å². The van der Waals surface area contributed by atoms with Gasteiger partial charge < -0.3 is 14.5 Å². The van der Waals surface area contributed by atoms with Crippen LogP contribution in [0.15, 0.2) is 108 Å². The normalized spacial score (nSPS) is 18.2. The maximum atomic E-state index is 13.1. The molecule has 9 heteroatoms. The van der Waals surface area contributed by atoms with Gasteiger partial charge in [-0.05, 0) is 97.2 Å². The number of hydrogen-bond donors (Lipinski definition) is 1. The third-order valence-electron chi connectivity index (χ3n) is 10.4. The van der Waals surface area contributed by atoms with Crippen molar-refractivity contribution < 1.29 is 19.1 Å². The van der Waals surface area contributed by atoms with Crippen molar-refractivity contribution in [1.82, 2.24) is 19.8 Å². The summed E-state index contributed by atoms with van der Waals surface area (Å²) in [5, 5.41) is 0. The highest BCUT2D eigenvalue weighted by atomic mass is 16.6. The van der Waals surface area contributed by atoms with Gasteiger partial charge in [0, 0.05) is 30.8 Å². The van der Waals surface area contributed by atoms with Crippen LogP contribution >= 0.6 is 0 Å². The average molecular weight is 718 g/mol. The molecule has 272 valence electrons. The summed E-state index contributed by atoms with van der Waals surface area (Å²) in [7, 11) is 0. The molecule has 9 nitrogen and oxygen atoms in total. The standard InChI is InChI=1S/C45H43N5O4/c51-44(53-30-34-15-3-1-4-16-34)49-25-11-9-19-41(49)40-29-36-23-21-32(27-38(36)46-40)13-7-8-14-33-22-24-37-39(28-33)48-43(47-37)42-20-10-12-26-50(42)45(52)54-31-35-17-5-2-6-18-35/h1-7,13,15-18,21-24,27-28,41-42H,9-12,19-20,25-26,29-31H2,(H,47,48)/b13-7+/t41-,42-/m0/s1. The Bertz CT molecular complexity index is 2250. The number of aromatic nitrogens is 2. The van der Waals surface area contributed by atoms with E-state index in [0.29, 0.717) is 13.1 Å². The van der Waals surface area contributed by atoms with Crippen LogP contribution in [-0.4, -0.2) is 56.8 Å². The molecule has 54 heavy (non-hydrogen) atoms. The van der Waals surface area contributed by atoms with Crippen LogP contribution in [0.25, 0.3) is 17.1 Å². The Morgan fingerprint density at radius 3 is 2.15 bits per heavy atom. The number of benzene rings is 4. The number of ether oxygens (including phenoxy) is 2. The first-order valence-corrected chi connectivity index (χ1v) is 18.9. The highest BCUT2D eigenvalue weighted by Gasteiger charge is 2.34. The molecule has 4 heterocycles. The van der Waals surface area contributed by atoms with Crippen LogP contribution in [0, 0.1) is 11.8 Å². The molecular weight excluding hydrogens is 675 g/mol. The van der Waals surface area contributed by atoms with E-state index >= 15 is 0 Å². The van der Waals surface area contributed by atoms with Crippen molar-refractivity contribution in [3.63, 3.8) is 0 Å². The molecule has 0 aliphatic carbocycles. The number of H-pyrrole nitrogens is 1. The van der Waals surface area contributed by atoms with Gasteiger partial charge in [0.2, 0.25) is 0 Å². The van der Waals surface area contributed by atoms with Crippen molar-refractivity contribution in [2.24, 2.45) is 4.99 Å². The molecule has 2 atom stereocenters. The Hall–Kier alpha value is -6.14. The van der Waals surface area contributed by atoms with Gasteiger partial charge in [0.25, 0.3) is 0 Å². The monoisotopic (exact) mass is 717 g/mol. The molecule has 2 saturated heterocycles. The number of carbonyl (C=O) groups is 2. The minimum Gasteiger partial charge on any atom is -0.445 e. The minimum atomic E-state index is -0.314. The molecule has 5 aromatic rings. The number of hydrogen-bond acceptors (Lipinski definition) is 6. The van der Waals surface area contributed by atoms with Crippen LogP contribution in [0.5, 0.6) is 0 Å². The number of carbonyl (C=O) groups excluding carboxylic acids is 2. The Morgan fingerprint density at radius 2 is 1.44 bits per heavy atom. The summed E-state index contributed by atoms with van der Waals surface area (Å²) in [4.78, 5) is 43.3. The van der Waals surface area contributed by atoms with E-state index in [-0.39, 0.29) is 37.5 Å². The molecule has 4 aromatic carbocycles. The zero-order valence-corrected chi connectivity index (χ0v) is 30.2. The van der Waals surface area contributed by atoms with Gasteiger partial charge in [-0.25, -0.2) is 14.6 Å². The summed E-state index contributed by atoms with van der Waals surface area (Å²) >= 11 is 0. The maximum Gasteiger partial charge on any atom is 0.410 e. The van der Waals surface area contributed by atoms with E-state index < -0.39 is 0 Å². The lowest BCUT2D eigenvalue weighted by Crippen LogP contribution is -2.48. The fourth-order valence-corrected chi connectivity index (χ4v) is 7.58. The number of allylic oxidation sites excluding steroid dienone is 1. The number of aliphatic imine (C=N–C) groups is 1. The molecule has 3 aliphatic heterocycles. The summed E-state index contributed by atoms with van der Waals surface area (Å²) in [6, 6.07) is 31.6. The van der Waals surface area contributed by atoms with E-state index in [9.17, 15) is 9.59 Å². The number of aromatic amines is 1. The number of imidazole rings is 1. The first-order valence-electron chi connectivity index (χ1n) is 18.9. The second-order valence-corrected chi connectivity index (χ2v) is 14.1. The lowest BCUT2D eigenvalue weighted by atomic mass is 9.95. The van der Waals surface area contributed by atoms with Crippen LogP contribution in [0.4, 0.5) is 15.3 Å². The van der Waals surface area contributed by atoms with Gasteiger partial charge in [0.15, 0.2) is 0 Å². The number of amides is 2. The fourth-order valence-electron chi connectivity index (χ4n) is 7.58. The largest absolute Gasteiger partial charge is 0.445 e. The van der Waals surface area contributed by atoms with Gasteiger partial charge in [-0.2, -0.15) is 0 Å². The molecule has 0 radical (unpaired) electrons. The molecule has 0 saturated carbocycles. The summed E-state index contributed by atoms with van der Waals surface area (Å²) < 4.78 is 11.4. The van der Waals surface area contributed by atoms with Gasteiger partial charge in [-0.3, -0.25) is 14.8 Å². The maximum absolute atomic E-state index is 13.1. The number of rotatable bonds is 7. The first kappa shape index (κ1) is 34.9. The van der Waals surface area contributed by atoms with Gasteiger partial charge in [-0.15, -0.1) is 0 Å². The SMILES string of the molecule is O=C(OCc1ccccc1)N1CCCC[C@H]1C1=Nc2cc(/C=C/C#Cc3ccc4nc([C@@H]5CCCCN5C(=O)OCc5ccccc5)[nH]c4c3)ccc2C1. The highest BCUT2D eigenvalue weighted by molar-refractivity contribution is 5.99. The van der Waals surface area contributed by atoms with Crippen molar-refractivity contribution in [3.8, 4) is 11.8 Å². The van der Waals surface area contributed by atoms with Gasteiger partial charge in [-0.1, -0.05) is 84.6 Å². The Kier molecular flexibility index (Phi) is 10.5. The van der Waals surface area contributed by atoms with Crippen molar-refractivity contribution in [3.05, 3.63) is 137 Å². The molecule has 2 fully saturated rings. The average Bonchev–Trinajstić information content (AvgIpc) is 3.85. The molecule has 2 amide bonds. The summed E-state index contributed by atoms with van der Waals surface area (Å²) in [5.74, 6) is 7.20. The number of fused-ring (bicyclic) bond motifs is 2. The topological polar surface area (TPSA) is 100 Å². The third kappa shape index (κ3) is 8.08. The molecule has 0 spiro atoms. The Morgan fingerprint density at radius 1 is 0.778 bits per heavy atom. The molecule has 1 N–H and O–H groups in total. The molecule has 1 aromatic heterocycles. The van der Waals surface area contributed by atoms with Crippen molar-refractivity contribution in [1.29, 1.82) is 0 Å². The van der Waals surface area contributed by atoms with E-state index in [1.165, 1.54) is 5.56 Å². The third-order valence-corrected chi connectivity index (χ3v) is 10.4. The lowest BCUT2D eigenvalue weighted by molar-refractivity contribution is 0.0661. The van der Waals surface area contributed by atoms with Crippen molar-refractivity contribution >= 4 is 40.7 Å². The van der Waals surface area contributed by atoms with Gasteiger partial charge >= 0.3 is 12.2 Å². The van der Waals surface area contributed by atoms with Gasteiger partial charge in [0.05, 0.1) is 28.8 Å². The zero-order valence-electron chi connectivity index (χ0n) is 30.2. The molecule has 0 unspecified atom stereocenters. The Labute approximate surface area is 315 Å².